The zero-order valence-electron chi connectivity index (χ0n) is 17.0. The fourth-order valence-corrected chi connectivity index (χ4v) is 4.59. The largest absolute Gasteiger partial charge is 0.358 e. The van der Waals surface area contributed by atoms with Crippen molar-refractivity contribution in [1.82, 2.24) is 19.7 Å². The molecule has 2 aromatic heterocycles. The Morgan fingerprint density at radius 1 is 0.867 bits per heavy atom. The van der Waals surface area contributed by atoms with Crippen LogP contribution in [0.3, 0.4) is 0 Å². The number of nitrogens with one attached hydrogen (secondary N) is 1. The lowest BCUT2D eigenvalue weighted by molar-refractivity contribution is 0.886. The van der Waals surface area contributed by atoms with Crippen LogP contribution >= 0.6 is 11.8 Å². The SMILES string of the molecule is Cc1[nH]c2ccc(-c3nnc(SCc4ccccc4)n3-c3ccccc3)cc2c1C. The van der Waals surface area contributed by atoms with Crippen LogP contribution in [-0.2, 0) is 5.75 Å². The van der Waals surface area contributed by atoms with Gasteiger partial charge in [-0.2, -0.15) is 0 Å². The van der Waals surface area contributed by atoms with Crippen LogP contribution in [0.1, 0.15) is 16.8 Å². The van der Waals surface area contributed by atoms with Crippen molar-refractivity contribution in [3.05, 3.63) is 95.7 Å². The summed E-state index contributed by atoms with van der Waals surface area (Å²) in [5.74, 6) is 1.71. The molecule has 0 aliphatic carbocycles. The van der Waals surface area contributed by atoms with Crippen LogP contribution in [0.5, 0.6) is 0 Å². The highest BCUT2D eigenvalue weighted by atomic mass is 32.2. The van der Waals surface area contributed by atoms with Gasteiger partial charge in [-0.1, -0.05) is 60.3 Å². The van der Waals surface area contributed by atoms with E-state index in [9.17, 15) is 0 Å². The van der Waals surface area contributed by atoms with E-state index < -0.39 is 0 Å². The molecule has 30 heavy (non-hydrogen) atoms. The molecule has 5 heteroatoms. The number of thioether (sulfide) groups is 1. The summed E-state index contributed by atoms with van der Waals surface area (Å²) in [6.45, 7) is 4.26. The Labute approximate surface area is 180 Å². The highest BCUT2D eigenvalue weighted by molar-refractivity contribution is 7.98. The summed E-state index contributed by atoms with van der Waals surface area (Å²) in [6.07, 6.45) is 0. The molecular formula is C25H22N4S. The number of hydrogen-bond donors (Lipinski definition) is 1. The molecule has 0 amide bonds. The van der Waals surface area contributed by atoms with Crippen LogP contribution in [0.25, 0.3) is 28.0 Å². The fourth-order valence-electron chi connectivity index (χ4n) is 3.68. The van der Waals surface area contributed by atoms with Gasteiger partial charge in [0.25, 0.3) is 0 Å². The summed E-state index contributed by atoms with van der Waals surface area (Å²) in [5.41, 5.74) is 7.02. The van der Waals surface area contributed by atoms with Gasteiger partial charge in [0, 0.05) is 33.6 Å². The molecule has 0 bridgehead atoms. The molecule has 0 aliphatic rings. The minimum Gasteiger partial charge on any atom is -0.358 e. The summed E-state index contributed by atoms with van der Waals surface area (Å²) in [5, 5.41) is 11.3. The summed E-state index contributed by atoms with van der Waals surface area (Å²) in [6, 6.07) is 27.3. The molecule has 2 heterocycles. The highest BCUT2D eigenvalue weighted by Gasteiger charge is 2.17. The predicted octanol–water partition coefficient (Wildman–Crippen LogP) is 6.32. The van der Waals surface area contributed by atoms with Crippen LogP contribution in [-0.4, -0.2) is 19.7 Å². The van der Waals surface area contributed by atoms with Crippen molar-refractivity contribution in [2.75, 3.05) is 0 Å². The van der Waals surface area contributed by atoms with E-state index in [1.54, 1.807) is 11.8 Å². The number of aryl methyl sites for hydroxylation is 2. The quantitative estimate of drug-likeness (QED) is 0.345. The van der Waals surface area contributed by atoms with E-state index in [-0.39, 0.29) is 0 Å². The van der Waals surface area contributed by atoms with E-state index >= 15 is 0 Å². The smallest absolute Gasteiger partial charge is 0.196 e. The number of H-pyrrole nitrogens is 1. The number of aromatic nitrogens is 4. The van der Waals surface area contributed by atoms with Crippen molar-refractivity contribution in [2.24, 2.45) is 0 Å². The Hall–Kier alpha value is -3.31. The molecule has 0 saturated carbocycles. The van der Waals surface area contributed by atoms with Crippen molar-refractivity contribution in [1.29, 1.82) is 0 Å². The molecule has 148 valence electrons. The minimum absolute atomic E-state index is 0.848. The van der Waals surface area contributed by atoms with Crippen molar-refractivity contribution >= 4 is 22.7 Å². The summed E-state index contributed by atoms with van der Waals surface area (Å²) in [4.78, 5) is 3.45. The van der Waals surface area contributed by atoms with Crippen LogP contribution in [0.15, 0.2) is 84.0 Å². The van der Waals surface area contributed by atoms with E-state index in [0.717, 1.165) is 33.5 Å². The molecule has 0 atom stereocenters. The number of aromatic amines is 1. The van der Waals surface area contributed by atoms with Gasteiger partial charge in [0.05, 0.1) is 0 Å². The Morgan fingerprint density at radius 3 is 2.37 bits per heavy atom. The van der Waals surface area contributed by atoms with E-state index in [4.69, 9.17) is 0 Å². The third-order valence-corrected chi connectivity index (χ3v) is 6.43. The number of rotatable bonds is 5. The van der Waals surface area contributed by atoms with E-state index in [2.05, 4.69) is 88.2 Å². The topological polar surface area (TPSA) is 46.5 Å². The zero-order valence-corrected chi connectivity index (χ0v) is 17.8. The van der Waals surface area contributed by atoms with E-state index in [1.807, 2.05) is 24.3 Å². The predicted molar refractivity (Wildman–Crippen MR) is 124 cm³/mol. The van der Waals surface area contributed by atoms with Crippen LogP contribution in [0.4, 0.5) is 0 Å². The van der Waals surface area contributed by atoms with Crippen molar-refractivity contribution in [3.8, 4) is 17.1 Å². The molecule has 0 fully saturated rings. The Morgan fingerprint density at radius 2 is 1.60 bits per heavy atom. The minimum atomic E-state index is 0.848. The van der Waals surface area contributed by atoms with E-state index in [1.165, 1.54) is 22.2 Å². The van der Waals surface area contributed by atoms with Gasteiger partial charge >= 0.3 is 0 Å². The molecular weight excluding hydrogens is 388 g/mol. The van der Waals surface area contributed by atoms with Gasteiger partial charge < -0.3 is 4.98 Å². The summed E-state index contributed by atoms with van der Waals surface area (Å²) in [7, 11) is 0. The maximum atomic E-state index is 4.60. The van der Waals surface area contributed by atoms with Crippen molar-refractivity contribution in [2.45, 2.75) is 24.8 Å². The average molecular weight is 411 g/mol. The number of nitrogens with zero attached hydrogens (tertiary/aromatic N) is 3. The number of fused-ring (bicyclic) bond motifs is 1. The lowest BCUT2D eigenvalue weighted by Gasteiger charge is -2.10. The molecule has 5 aromatic rings. The molecule has 1 N–H and O–H groups in total. The lowest BCUT2D eigenvalue weighted by atomic mass is 10.1. The fraction of sp³-hybridized carbons (Fsp3) is 0.120. The van der Waals surface area contributed by atoms with Crippen LogP contribution < -0.4 is 0 Å². The molecule has 0 aliphatic heterocycles. The molecule has 0 unspecified atom stereocenters. The Kier molecular flexibility index (Phi) is 4.89. The first-order valence-electron chi connectivity index (χ1n) is 9.97. The summed E-state index contributed by atoms with van der Waals surface area (Å²) < 4.78 is 2.16. The second-order valence-electron chi connectivity index (χ2n) is 7.39. The number of benzene rings is 3. The number of hydrogen-bond acceptors (Lipinski definition) is 3. The third kappa shape index (κ3) is 3.42. The first kappa shape index (κ1) is 18.7. The maximum Gasteiger partial charge on any atom is 0.196 e. The molecule has 0 radical (unpaired) electrons. The molecule has 0 saturated heterocycles. The maximum absolute atomic E-state index is 4.60. The van der Waals surface area contributed by atoms with Gasteiger partial charge in [0.1, 0.15) is 0 Å². The third-order valence-electron chi connectivity index (χ3n) is 5.42. The highest BCUT2D eigenvalue weighted by Crippen LogP contribution is 2.32. The van der Waals surface area contributed by atoms with Gasteiger partial charge in [0.2, 0.25) is 0 Å². The zero-order chi connectivity index (χ0) is 20.5. The van der Waals surface area contributed by atoms with Crippen LogP contribution in [0, 0.1) is 13.8 Å². The van der Waals surface area contributed by atoms with Gasteiger partial charge in [0.15, 0.2) is 11.0 Å². The van der Waals surface area contributed by atoms with Crippen LogP contribution in [0.2, 0.25) is 0 Å². The van der Waals surface area contributed by atoms with Gasteiger partial charge in [-0.3, -0.25) is 4.57 Å². The second kappa shape index (κ2) is 7.84. The lowest BCUT2D eigenvalue weighted by Crippen LogP contribution is -1.99. The normalized spacial score (nSPS) is 11.3. The summed E-state index contributed by atoms with van der Waals surface area (Å²) >= 11 is 1.70. The Balaban J connectivity index is 1.60. The first-order chi connectivity index (χ1) is 14.7. The monoisotopic (exact) mass is 410 g/mol. The van der Waals surface area contributed by atoms with Crippen molar-refractivity contribution in [3.63, 3.8) is 0 Å². The average Bonchev–Trinajstić information content (AvgIpc) is 3.34. The standard InChI is InChI=1S/C25H22N4S/c1-17-18(2)26-23-14-13-20(15-22(17)23)24-27-28-25(29(24)21-11-7-4-8-12-21)30-16-19-9-5-3-6-10-19/h3-15,26H,16H2,1-2H3. The second-order valence-corrected chi connectivity index (χ2v) is 8.33. The van der Waals surface area contributed by atoms with Gasteiger partial charge in [-0.05, 0) is 55.3 Å². The first-order valence-corrected chi connectivity index (χ1v) is 11.0. The molecule has 5 rings (SSSR count). The Bertz CT molecular complexity index is 1300. The van der Waals surface area contributed by atoms with E-state index in [0.29, 0.717) is 0 Å². The van der Waals surface area contributed by atoms with Gasteiger partial charge in [-0.25, -0.2) is 0 Å². The number of para-hydroxylation sites is 1. The van der Waals surface area contributed by atoms with Crippen molar-refractivity contribution < 1.29 is 0 Å². The molecule has 4 nitrogen and oxygen atoms in total. The molecule has 3 aromatic carbocycles. The van der Waals surface area contributed by atoms with Gasteiger partial charge in [-0.15, -0.1) is 10.2 Å². The molecule has 0 spiro atoms.